The van der Waals surface area contributed by atoms with Gasteiger partial charge in [0.05, 0.1) is 12.1 Å². The highest BCUT2D eigenvalue weighted by Crippen LogP contribution is 2.43. The molecule has 0 aromatic carbocycles. The fourth-order valence-electron chi connectivity index (χ4n) is 5.05. The number of hydrogen-bond donors (Lipinski definition) is 0. The molecule has 0 saturated heterocycles. The maximum Gasteiger partial charge on any atom is 0.235 e. The zero-order chi connectivity index (χ0) is 17.2. The molecule has 0 heterocycles. The average molecular weight is 332 g/mol. The average Bonchev–Trinajstić information content (AvgIpc) is 2.62. The SMILES string of the molecule is CCCCC(N=C=O)C(C1CCCCC1)C1CCC(N=C=O)CC1. The zero-order valence-electron chi connectivity index (χ0n) is 15.1. The molecule has 0 aromatic heterocycles. The topological polar surface area (TPSA) is 58.9 Å². The van der Waals surface area contributed by atoms with Crippen LogP contribution in [0.15, 0.2) is 9.98 Å². The molecule has 0 amide bonds. The summed E-state index contributed by atoms with van der Waals surface area (Å²) in [6, 6.07) is 0.302. The predicted molar refractivity (Wildman–Crippen MR) is 95.4 cm³/mol. The quantitative estimate of drug-likeness (QED) is 0.465. The maximum absolute atomic E-state index is 11.0. The summed E-state index contributed by atoms with van der Waals surface area (Å²) in [5, 5.41) is 0. The summed E-state index contributed by atoms with van der Waals surface area (Å²) in [6.07, 6.45) is 17.6. The number of aliphatic imine (C=N–C) groups is 2. The molecule has 4 nitrogen and oxygen atoms in total. The molecule has 4 heteroatoms. The van der Waals surface area contributed by atoms with Crippen molar-refractivity contribution in [3.63, 3.8) is 0 Å². The molecule has 0 bridgehead atoms. The first-order chi connectivity index (χ1) is 11.8. The van der Waals surface area contributed by atoms with E-state index in [-0.39, 0.29) is 12.1 Å². The summed E-state index contributed by atoms with van der Waals surface area (Å²) >= 11 is 0. The molecule has 0 radical (unpaired) electrons. The van der Waals surface area contributed by atoms with Crippen molar-refractivity contribution in [3.8, 4) is 0 Å². The van der Waals surface area contributed by atoms with Crippen molar-refractivity contribution in [2.45, 2.75) is 96.1 Å². The van der Waals surface area contributed by atoms with Crippen LogP contribution in [0.3, 0.4) is 0 Å². The smallest absolute Gasteiger partial charge is 0.211 e. The van der Waals surface area contributed by atoms with Crippen molar-refractivity contribution in [2.75, 3.05) is 0 Å². The van der Waals surface area contributed by atoms with Crippen LogP contribution in [0.5, 0.6) is 0 Å². The lowest BCUT2D eigenvalue weighted by atomic mass is 9.65. The second-order valence-electron chi connectivity index (χ2n) is 7.69. The highest BCUT2D eigenvalue weighted by molar-refractivity contribution is 5.34. The highest BCUT2D eigenvalue weighted by Gasteiger charge is 2.38. The Kier molecular flexibility index (Phi) is 8.42. The molecule has 0 spiro atoms. The summed E-state index contributed by atoms with van der Waals surface area (Å²) < 4.78 is 0. The van der Waals surface area contributed by atoms with Crippen molar-refractivity contribution in [1.29, 1.82) is 0 Å². The lowest BCUT2D eigenvalue weighted by Gasteiger charge is -2.41. The fraction of sp³-hybridized carbons (Fsp3) is 0.900. The summed E-state index contributed by atoms with van der Waals surface area (Å²) in [4.78, 5) is 29.7. The Morgan fingerprint density at radius 3 is 2.17 bits per heavy atom. The number of rotatable bonds is 8. The van der Waals surface area contributed by atoms with E-state index in [1.165, 1.54) is 32.1 Å². The van der Waals surface area contributed by atoms with E-state index < -0.39 is 0 Å². The van der Waals surface area contributed by atoms with Crippen molar-refractivity contribution < 1.29 is 9.59 Å². The van der Waals surface area contributed by atoms with Gasteiger partial charge in [-0.2, -0.15) is 0 Å². The minimum atomic E-state index is 0.140. The third kappa shape index (κ3) is 5.40. The lowest BCUT2D eigenvalue weighted by molar-refractivity contribution is 0.111. The summed E-state index contributed by atoms with van der Waals surface area (Å²) in [7, 11) is 0. The van der Waals surface area contributed by atoms with Crippen LogP contribution in [-0.2, 0) is 9.59 Å². The van der Waals surface area contributed by atoms with Crippen LogP contribution in [0.1, 0.15) is 84.0 Å². The Hall–Kier alpha value is -1.24. The van der Waals surface area contributed by atoms with E-state index in [1.54, 1.807) is 6.08 Å². The Labute approximate surface area is 146 Å². The molecule has 2 rings (SSSR count). The van der Waals surface area contributed by atoms with Crippen LogP contribution >= 0.6 is 0 Å². The molecule has 2 atom stereocenters. The molecule has 0 aliphatic heterocycles. The zero-order valence-corrected chi connectivity index (χ0v) is 15.1. The Morgan fingerprint density at radius 2 is 1.58 bits per heavy atom. The van der Waals surface area contributed by atoms with Crippen molar-refractivity contribution in [2.24, 2.45) is 27.7 Å². The maximum atomic E-state index is 11.0. The van der Waals surface area contributed by atoms with Crippen molar-refractivity contribution >= 4 is 12.2 Å². The molecule has 0 N–H and O–H groups in total. The second kappa shape index (κ2) is 10.6. The highest BCUT2D eigenvalue weighted by atomic mass is 16.1. The summed E-state index contributed by atoms with van der Waals surface area (Å²) in [5.41, 5.74) is 0. The molecular weight excluding hydrogens is 300 g/mol. The standard InChI is InChI=1S/C20H32N2O2/c1-2-3-9-19(22-15-24)20(16-7-5-4-6-8-16)17-10-12-18(13-11-17)21-14-23/h16-20H,2-13H2,1H3. The number of carbonyl (C=O) groups excluding carboxylic acids is 2. The monoisotopic (exact) mass is 332 g/mol. The van der Waals surface area contributed by atoms with E-state index in [9.17, 15) is 9.59 Å². The molecule has 2 unspecified atom stereocenters. The lowest BCUT2D eigenvalue weighted by Crippen LogP contribution is -2.37. The number of hydrogen-bond acceptors (Lipinski definition) is 4. The largest absolute Gasteiger partial charge is 0.235 e. The first-order valence-electron chi connectivity index (χ1n) is 9.94. The Bertz CT molecular complexity index is 452. The Morgan fingerprint density at radius 1 is 0.917 bits per heavy atom. The van der Waals surface area contributed by atoms with Crippen LogP contribution in [-0.4, -0.2) is 24.2 Å². The molecule has 2 saturated carbocycles. The molecular formula is C20H32N2O2. The van der Waals surface area contributed by atoms with Gasteiger partial charge in [0.1, 0.15) is 0 Å². The number of unbranched alkanes of at least 4 members (excludes halogenated alkanes) is 1. The third-order valence-electron chi connectivity index (χ3n) is 6.23. The van der Waals surface area contributed by atoms with Crippen LogP contribution in [0.4, 0.5) is 0 Å². The van der Waals surface area contributed by atoms with Gasteiger partial charge < -0.3 is 0 Å². The van der Waals surface area contributed by atoms with Crippen LogP contribution in [0.25, 0.3) is 0 Å². The van der Waals surface area contributed by atoms with Crippen molar-refractivity contribution in [3.05, 3.63) is 0 Å². The van der Waals surface area contributed by atoms with E-state index in [2.05, 4.69) is 16.9 Å². The van der Waals surface area contributed by atoms with Gasteiger partial charge in [-0.05, 0) is 49.9 Å². The second-order valence-corrected chi connectivity index (χ2v) is 7.69. The van der Waals surface area contributed by atoms with Gasteiger partial charge in [-0.3, -0.25) is 0 Å². The first kappa shape index (κ1) is 19.1. The molecule has 2 aliphatic carbocycles. The van der Waals surface area contributed by atoms with Gasteiger partial charge >= 0.3 is 0 Å². The first-order valence-corrected chi connectivity index (χ1v) is 9.94. The van der Waals surface area contributed by atoms with Gasteiger partial charge in [0.2, 0.25) is 12.2 Å². The predicted octanol–water partition coefficient (Wildman–Crippen LogP) is 4.97. The summed E-state index contributed by atoms with van der Waals surface area (Å²) in [6.45, 7) is 2.19. The molecule has 2 fully saturated rings. The summed E-state index contributed by atoms with van der Waals surface area (Å²) in [5.74, 6) is 1.83. The van der Waals surface area contributed by atoms with Crippen LogP contribution in [0.2, 0.25) is 0 Å². The number of nitrogens with zero attached hydrogens (tertiary/aromatic N) is 2. The van der Waals surface area contributed by atoms with Gasteiger partial charge in [0, 0.05) is 0 Å². The minimum absolute atomic E-state index is 0.140. The van der Waals surface area contributed by atoms with Gasteiger partial charge in [0.15, 0.2) is 0 Å². The van der Waals surface area contributed by atoms with Crippen LogP contribution < -0.4 is 0 Å². The van der Waals surface area contributed by atoms with Crippen molar-refractivity contribution in [1.82, 2.24) is 0 Å². The molecule has 134 valence electrons. The third-order valence-corrected chi connectivity index (χ3v) is 6.23. The van der Waals surface area contributed by atoms with E-state index in [4.69, 9.17) is 0 Å². The van der Waals surface area contributed by atoms with E-state index in [0.717, 1.165) is 44.9 Å². The molecule has 0 aromatic rings. The fourth-order valence-corrected chi connectivity index (χ4v) is 5.05. The van der Waals surface area contributed by atoms with E-state index in [0.29, 0.717) is 17.8 Å². The minimum Gasteiger partial charge on any atom is -0.211 e. The van der Waals surface area contributed by atoms with Gasteiger partial charge in [-0.1, -0.05) is 51.9 Å². The van der Waals surface area contributed by atoms with Gasteiger partial charge in [0.25, 0.3) is 0 Å². The molecule has 2 aliphatic rings. The normalized spacial score (nSPS) is 27.5. The molecule has 24 heavy (non-hydrogen) atoms. The van der Waals surface area contributed by atoms with E-state index >= 15 is 0 Å². The van der Waals surface area contributed by atoms with Gasteiger partial charge in [-0.25, -0.2) is 19.6 Å². The van der Waals surface area contributed by atoms with Crippen LogP contribution in [0, 0.1) is 17.8 Å². The van der Waals surface area contributed by atoms with E-state index in [1.807, 2.05) is 6.08 Å². The Balaban J connectivity index is 2.11. The number of isocyanates is 2. The van der Waals surface area contributed by atoms with Gasteiger partial charge in [-0.15, -0.1) is 0 Å².